The molecule has 3 rings (SSSR count). The lowest BCUT2D eigenvalue weighted by atomic mass is 10.3. The number of carbonyl (C=O) groups is 1. The molecule has 1 N–H and O–H groups in total. The van der Waals surface area contributed by atoms with E-state index in [4.69, 9.17) is 0 Å². The van der Waals surface area contributed by atoms with Gasteiger partial charge in [0, 0.05) is 11.1 Å². The van der Waals surface area contributed by atoms with Gasteiger partial charge in [0.2, 0.25) is 5.91 Å². The van der Waals surface area contributed by atoms with Crippen LogP contribution < -0.4 is 5.32 Å². The Morgan fingerprint density at radius 2 is 2.12 bits per heavy atom. The first-order chi connectivity index (χ1) is 11.4. The maximum absolute atomic E-state index is 12.8. The Bertz CT molecular complexity index is 845. The Labute approximate surface area is 142 Å². The maximum atomic E-state index is 12.8. The molecule has 0 aliphatic rings. The van der Waals surface area contributed by atoms with Crippen molar-refractivity contribution in [3.8, 4) is 0 Å². The molecular formula is C14H11F3N4OS2. The number of pyridine rings is 1. The van der Waals surface area contributed by atoms with Crippen LogP contribution in [0.2, 0.25) is 0 Å². The Morgan fingerprint density at radius 3 is 2.83 bits per heavy atom. The highest BCUT2D eigenvalue weighted by Gasteiger charge is 2.31. The van der Waals surface area contributed by atoms with Gasteiger partial charge in [-0.25, -0.2) is 0 Å². The number of thioether (sulfide) groups is 1. The summed E-state index contributed by atoms with van der Waals surface area (Å²) in [6, 6.07) is 5.99. The summed E-state index contributed by atoms with van der Waals surface area (Å²) in [5.41, 5.74) is -0.497. The number of nitrogens with one attached hydrogen (secondary N) is 1. The summed E-state index contributed by atoms with van der Waals surface area (Å²) in [6.07, 6.45) is -3.51. The molecule has 3 aromatic heterocycles. The second-order valence-electron chi connectivity index (χ2n) is 4.77. The number of hydrogen-bond acceptors (Lipinski definition) is 5. The molecular weight excluding hydrogens is 361 g/mol. The summed E-state index contributed by atoms with van der Waals surface area (Å²) in [6.45, 7) is 0.426. The third kappa shape index (κ3) is 3.88. The van der Waals surface area contributed by atoms with Crippen LogP contribution in [-0.2, 0) is 17.5 Å². The summed E-state index contributed by atoms with van der Waals surface area (Å²) >= 11 is 2.57. The minimum absolute atomic E-state index is 0.0441. The fraction of sp³-hybridized carbons (Fsp3) is 0.214. The lowest BCUT2D eigenvalue weighted by Crippen LogP contribution is -2.24. The second-order valence-corrected chi connectivity index (χ2v) is 6.75. The monoisotopic (exact) mass is 372 g/mol. The molecule has 126 valence electrons. The lowest BCUT2D eigenvalue weighted by Gasteiger charge is -2.07. The second kappa shape index (κ2) is 6.81. The average Bonchev–Trinajstić information content (AvgIpc) is 3.19. The summed E-state index contributed by atoms with van der Waals surface area (Å²) in [4.78, 5) is 12.9. The van der Waals surface area contributed by atoms with Gasteiger partial charge in [0.25, 0.3) is 0 Å². The lowest BCUT2D eigenvalue weighted by molar-refractivity contribution is -0.137. The molecule has 0 atom stereocenters. The van der Waals surface area contributed by atoms with Gasteiger partial charge >= 0.3 is 6.18 Å². The summed E-state index contributed by atoms with van der Waals surface area (Å²) < 4.78 is 39.6. The number of alkyl halides is 3. The fourth-order valence-electron chi connectivity index (χ4n) is 1.92. The number of thiophene rings is 1. The van der Waals surface area contributed by atoms with Gasteiger partial charge in [-0.15, -0.1) is 21.5 Å². The average molecular weight is 372 g/mol. The van der Waals surface area contributed by atoms with Gasteiger partial charge in [-0.2, -0.15) is 13.2 Å². The van der Waals surface area contributed by atoms with Crippen molar-refractivity contribution in [1.29, 1.82) is 0 Å². The van der Waals surface area contributed by atoms with Crippen molar-refractivity contribution < 1.29 is 18.0 Å². The van der Waals surface area contributed by atoms with Crippen molar-refractivity contribution in [2.24, 2.45) is 0 Å². The molecule has 0 unspecified atom stereocenters. The van der Waals surface area contributed by atoms with Crippen LogP contribution in [0.3, 0.4) is 0 Å². The minimum Gasteiger partial charge on any atom is -0.350 e. The van der Waals surface area contributed by atoms with Crippen molar-refractivity contribution >= 4 is 34.7 Å². The number of carbonyl (C=O) groups excluding carboxylic acids is 1. The quantitative estimate of drug-likeness (QED) is 0.699. The first-order valence-corrected chi connectivity index (χ1v) is 8.64. The standard InChI is InChI=1S/C14H11F3N4OS2/c15-14(16,17)9-3-4-11-19-20-13(21(11)7-9)24-8-12(22)18-6-10-2-1-5-23-10/h1-5,7H,6,8H2,(H,18,22). The predicted molar refractivity (Wildman–Crippen MR) is 84.9 cm³/mol. The number of rotatable bonds is 5. The molecule has 5 nitrogen and oxygen atoms in total. The van der Waals surface area contributed by atoms with E-state index in [0.29, 0.717) is 12.2 Å². The molecule has 0 radical (unpaired) electrons. The van der Waals surface area contributed by atoms with Crippen LogP contribution >= 0.6 is 23.1 Å². The van der Waals surface area contributed by atoms with Crippen molar-refractivity contribution in [1.82, 2.24) is 19.9 Å². The maximum Gasteiger partial charge on any atom is 0.417 e. The van der Waals surface area contributed by atoms with Crippen LogP contribution in [0.5, 0.6) is 0 Å². The third-order valence-corrected chi connectivity index (χ3v) is 4.89. The van der Waals surface area contributed by atoms with Gasteiger partial charge in [-0.05, 0) is 23.6 Å². The highest BCUT2D eigenvalue weighted by atomic mass is 32.2. The normalized spacial score (nSPS) is 11.8. The van der Waals surface area contributed by atoms with Gasteiger partial charge in [0.15, 0.2) is 10.8 Å². The van der Waals surface area contributed by atoms with Gasteiger partial charge in [0.1, 0.15) is 0 Å². The van der Waals surface area contributed by atoms with Crippen LogP contribution in [0.4, 0.5) is 13.2 Å². The number of fused-ring (bicyclic) bond motifs is 1. The molecule has 0 aliphatic carbocycles. The van der Waals surface area contributed by atoms with Crippen LogP contribution in [0.15, 0.2) is 41.0 Å². The largest absolute Gasteiger partial charge is 0.417 e. The zero-order valence-corrected chi connectivity index (χ0v) is 13.7. The van der Waals surface area contributed by atoms with E-state index >= 15 is 0 Å². The first kappa shape index (κ1) is 16.8. The number of amides is 1. The van der Waals surface area contributed by atoms with Gasteiger partial charge < -0.3 is 5.32 Å². The van der Waals surface area contributed by atoms with Crippen LogP contribution in [0, 0.1) is 0 Å². The van der Waals surface area contributed by atoms with E-state index in [0.717, 1.165) is 28.9 Å². The van der Waals surface area contributed by atoms with E-state index in [-0.39, 0.29) is 16.8 Å². The van der Waals surface area contributed by atoms with E-state index < -0.39 is 11.7 Å². The van der Waals surface area contributed by atoms with E-state index in [2.05, 4.69) is 15.5 Å². The highest BCUT2D eigenvalue weighted by Crippen LogP contribution is 2.30. The molecule has 3 aromatic rings. The van der Waals surface area contributed by atoms with E-state index in [1.54, 1.807) is 0 Å². The molecule has 1 amide bonds. The molecule has 24 heavy (non-hydrogen) atoms. The molecule has 0 bridgehead atoms. The summed E-state index contributed by atoms with van der Waals surface area (Å²) in [5.74, 6) is -0.181. The number of hydrogen-bond donors (Lipinski definition) is 1. The van der Waals surface area contributed by atoms with Crippen molar-refractivity contribution in [2.45, 2.75) is 17.9 Å². The van der Waals surface area contributed by atoms with Crippen molar-refractivity contribution in [2.75, 3.05) is 5.75 Å². The smallest absolute Gasteiger partial charge is 0.350 e. The minimum atomic E-state index is -4.45. The Morgan fingerprint density at radius 1 is 1.29 bits per heavy atom. The molecule has 0 saturated heterocycles. The first-order valence-electron chi connectivity index (χ1n) is 6.77. The number of halogens is 3. The summed E-state index contributed by atoms with van der Waals surface area (Å²) in [7, 11) is 0. The topological polar surface area (TPSA) is 59.3 Å². The Hall–Kier alpha value is -2.07. The third-order valence-electron chi connectivity index (χ3n) is 3.07. The van der Waals surface area contributed by atoms with Crippen LogP contribution in [-0.4, -0.2) is 26.3 Å². The van der Waals surface area contributed by atoms with E-state index in [9.17, 15) is 18.0 Å². The van der Waals surface area contributed by atoms with Crippen molar-refractivity contribution in [3.63, 3.8) is 0 Å². The molecule has 10 heteroatoms. The van der Waals surface area contributed by atoms with E-state index in [1.165, 1.54) is 21.8 Å². The molecule has 0 fully saturated rings. The molecule has 0 spiro atoms. The molecule has 0 aromatic carbocycles. The van der Waals surface area contributed by atoms with Crippen LogP contribution in [0.25, 0.3) is 5.65 Å². The zero-order chi connectivity index (χ0) is 17.2. The summed E-state index contributed by atoms with van der Waals surface area (Å²) in [5, 5.41) is 12.5. The van der Waals surface area contributed by atoms with Crippen molar-refractivity contribution in [3.05, 3.63) is 46.3 Å². The molecule has 0 saturated carbocycles. The predicted octanol–water partition coefficient (Wildman–Crippen LogP) is 3.22. The van der Waals surface area contributed by atoms with Gasteiger partial charge in [-0.1, -0.05) is 17.8 Å². The Kier molecular flexibility index (Phi) is 4.76. The SMILES string of the molecule is O=C(CSc1nnc2ccc(C(F)(F)F)cn12)NCc1cccs1. The number of nitrogens with zero attached hydrogens (tertiary/aromatic N) is 3. The van der Waals surface area contributed by atoms with Gasteiger partial charge in [-0.3, -0.25) is 9.20 Å². The van der Waals surface area contributed by atoms with Crippen LogP contribution in [0.1, 0.15) is 10.4 Å². The molecule has 3 heterocycles. The van der Waals surface area contributed by atoms with E-state index in [1.807, 2.05) is 17.5 Å². The molecule has 0 aliphatic heterocycles. The zero-order valence-electron chi connectivity index (χ0n) is 12.1. The fourth-order valence-corrected chi connectivity index (χ4v) is 3.31. The number of aromatic nitrogens is 3. The Balaban J connectivity index is 1.65. The van der Waals surface area contributed by atoms with Gasteiger partial charge in [0.05, 0.1) is 17.9 Å². The highest BCUT2D eigenvalue weighted by molar-refractivity contribution is 7.99.